The summed E-state index contributed by atoms with van der Waals surface area (Å²) in [6, 6.07) is 3.20. The Hall–Kier alpha value is -2.22. The normalized spacial score (nSPS) is 10.6. The summed E-state index contributed by atoms with van der Waals surface area (Å²) in [7, 11) is 3.00. The van der Waals surface area contributed by atoms with Crippen molar-refractivity contribution in [3.63, 3.8) is 0 Å². The van der Waals surface area contributed by atoms with Gasteiger partial charge in [-0.1, -0.05) is 34.8 Å². The molecule has 1 N–H and O–H groups in total. The van der Waals surface area contributed by atoms with Gasteiger partial charge in [0.1, 0.15) is 38.8 Å². The molecule has 0 aliphatic heterocycles. The lowest BCUT2D eigenvalue weighted by Crippen LogP contribution is -2.05. The van der Waals surface area contributed by atoms with Gasteiger partial charge in [-0.15, -0.1) is 0 Å². The standard InChI is InChI=1S/C15H12Cl3N5O2/c1-24-8-5-9(25-2)13(18)14(12(8)17)22-15-19-3-4-23(15)11-6-10(16)20-7-21-11/h3-7H,1-2H3,(H,19,22). The second kappa shape index (κ2) is 7.35. The fourth-order valence-corrected chi connectivity index (χ4v) is 2.88. The molecule has 130 valence electrons. The van der Waals surface area contributed by atoms with E-state index in [0.717, 1.165) is 0 Å². The van der Waals surface area contributed by atoms with E-state index in [0.29, 0.717) is 44.2 Å². The van der Waals surface area contributed by atoms with Gasteiger partial charge in [-0.2, -0.15) is 0 Å². The summed E-state index contributed by atoms with van der Waals surface area (Å²) in [4.78, 5) is 12.3. The van der Waals surface area contributed by atoms with Crippen LogP contribution >= 0.6 is 34.8 Å². The summed E-state index contributed by atoms with van der Waals surface area (Å²) in [5.41, 5.74) is 0.395. The molecule has 2 heterocycles. The van der Waals surface area contributed by atoms with Gasteiger partial charge in [0.05, 0.1) is 19.9 Å². The molecule has 0 bridgehead atoms. The molecule has 0 aliphatic rings. The molecule has 0 saturated carbocycles. The molecule has 0 atom stereocenters. The van der Waals surface area contributed by atoms with E-state index in [9.17, 15) is 0 Å². The first-order valence-electron chi connectivity index (χ1n) is 6.93. The number of hydrogen-bond donors (Lipinski definition) is 1. The molecule has 0 fully saturated rings. The lowest BCUT2D eigenvalue weighted by atomic mass is 10.2. The smallest absolute Gasteiger partial charge is 0.213 e. The highest BCUT2D eigenvalue weighted by molar-refractivity contribution is 6.41. The molecular weight excluding hydrogens is 389 g/mol. The number of imidazole rings is 1. The van der Waals surface area contributed by atoms with Crippen molar-refractivity contribution >= 4 is 46.4 Å². The van der Waals surface area contributed by atoms with Crippen LogP contribution in [0.15, 0.2) is 30.9 Å². The maximum Gasteiger partial charge on any atom is 0.213 e. The Morgan fingerprint density at radius 2 is 1.64 bits per heavy atom. The van der Waals surface area contributed by atoms with Crippen molar-refractivity contribution in [3.8, 4) is 17.3 Å². The van der Waals surface area contributed by atoms with E-state index in [4.69, 9.17) is 44.3 Å². The minimum Gasteiger partial charge on any atom is -0.495 e. The van der Waals surface area contributed by atoms with Crippen molar-refractivity contribution in [1.29, 1.82) is 0 Å². The van der Waals surface area contributed by atoms with Gasteiger partial charge >= 0.3 is 0 Å². The highest BCUT2D eigenvalue weighted by atomic mass is 35.5. The molecule has 10 heteroatoms. The first-order valence-corrected chi connectivity index (χ1v) is 8.06. The summed E-state index contributed by atoms with van der Waals surface area (Å²) in [5.74, 6) is 1.78. The summed E-state index contributed by atoms with van der Waals surface area (Å²) in [6.45, 7) is 0. The Balaban J connectivity index is 2.06. The molecular formula is C15H12Cl3N5O2. The Kier molecular flexibility index (Phi) is 5.17. The first-order chi connectivity index (χ1) is 12.0. The van der Waals surface area contributed by atoms with E-state index in [1.165, 1.54) is 20.5 Å². The number of halogens is 3. The third-order valence-electron chi connectivity index (χ3n) is 3.32. The molecule has 0 unspecified atom stereocenters. The van der Waals surface area contributed by atoms with Crippen LogP contribution in [-0.4, -0.2) is 33.7 Å². The highest BCUT2D eigenvalue weighted by Gasteiger charge is 2.19. The Labute approximate surface area is 158 Å². The second-order valence-corrected chi connectivity index (χ2v) is 5.87. The van der Waals surface area contributed by atoms with Crippen LogP contribution in [0, 0.1) is 0 Å². The van der Waals surface area contributed by atoms with E-state index >= 15 is 0 Å². The van der Waals surface area contributed by atoms with Crippen LogP contribution in [-0.2, 0) is 0 Å². The number of hydrogen-bond acceptors (Lipinski definition) is 6. The molecule has 3 aromatic rings. The molecule has 0 aliphatic carbocycles. The van der Waals surface area contributed by atoms with Crippen molar-refractivity contribution in [2.24, 2.45) is 0 Å². The quantitative estimate of drug-likeness (QED) is 0.641. The average Bonchev–Trinajstić information content (AvgIpc) is 3.07. The summed E-state index contributed by atoms with van der Waals surface area (Å²) < 4.78 is 12.2. The number of benzene rings is 1. The fraction of sp³-hybridized carbons (Fsp3) is 0.133. The van der Waals surface area contributed by atoms with Crippen molar-refractivity contribution < 1.29 is 9.47 Å². The largest absolute Gasteiger partial charge is 0.495 e. The van der Waals surface area contributed by atoms with Gasteiger partial charge in [0.2, 0.25) is 5.95 Å². The SMILES string of the molecule is COc1cc(OC)c(Cl)c(Nc2nccn2-c2cc(Cl)ncn2)c1Cl. The van der Waals surface area contributed by atoms with Gasteiger partial charge < -0.3 is 14.8 Å². The van der Waals surface area contributed by atoms with E-state index in [1.54, 1.807) is 29.1 Å². The first kappa shape index (κ1) is 17.6. The minimum absolute atomic E-state index is 0.295. The van der Waals surface area contributed by atoms with Crippen LogP contribution < -0.4 is 14.8 Å². The average molecular weight is 401 g/mol. The topological polar surface area (TPSA) is 74.1 Å². The lowest BCUT2D eigenvalue weighted by molar-refractivity contribution is 0.395. The monoisotopic (exact) mass is 399 g/mol. The van der Waals surface area contributed by atoms with E-state index in [1.807, 2.05) is 0 Å². The fourth-order valence-electron chi connectivity index (χ4n) is 2.14. The van der Waals surface area contributed by atoms with E-state index in [2.05, 4.69) is 20.3 Å². The molecule has 0 saturated heterocycles. The highest BCUT2D eigenvalue weighted by Crippen LogP contribution is 2.45. The number of ether oxygens (including phenoxy) is 2. The molecule has 3 rings (SSSR count). The number of methoxy groups -OCH3 is 2. The van der Waals surface area contributed by atoms with Crippen molar-refractivity contribution in [2.75, 3.05) is 19.5 Å². The lowest BCUT2D eigenvalue weighted by Gasteiger charge is -2.16. The van der Waals surface area contributed by atoms with Gasteiger partial charge in [-0.3, -0.25) is 4.57 Å². The molecule has 25 heavy (non-hydrogen) atoms. The van der Waals surface area contributed by atoms with Crippen molar-refractivity contribution in [2.45, 2.75) is 0 Å². The van der Waals surface area contributed by atoms with Crippen LogP contribution in [0.5, 0.6) is 11.5 Å². The maximum atomic E-state index is 6.37. The maximum absolute atomic E-state index is 6.37. The number of anilines is 2. The predicted molar refractivity (Wildman–Crippen MR) is 97.0 cm³/mol. The Bertz CT molecular complexity index is 888. The molecule has 1 aromatic carbocycles. The number of rotatable bonds is 5. The third kappa shape index (κ3) is 3.44. The molecule has 2 aromatic heterocycles. The summed E-state index contributed by atoms with van der Waals surface area (Å²) in [6.07, 6.45) is 4.66. The summed E-state index contributed by atoms with van der Waals surface area (Å²) in [5, 5.41) is 3.98. The Morgan fingerprint density at radius 1 is 0.960 bits per heavy atom. The zero-order valence-electron chi connectivity index (χ0n) is 13.1. The van der Waals surface area contributed by atoms with E-state index in [-0.39, 0.29) is 0 Å². The van der Waals surface area contributed by atoms with Gasteiger partial charge in [0.15, 0.2) is 0 Å². The van der Waals surface area contributed by atoms with E-state index < -0.39 is 0 Å². The van der Waals surface area contributed by atoms with Crippen LogP contribution in [0.4, 0.5) is 11.6 Å². The number of nitrogens with one attached hydrogen (secondary N) is 1. The minimum atomic E-state index is 0.295. The molecule has 0 radical (unpaired) electrons. The second-order valence-electron chi connectivity index (χ2n) is 4.73. The van der Waals surface area contributed by atoms with Gasteiger partial charge in [0, 0.05) is 24.5 Å². The molecule has 0 amide bonds. The van der Waals surface area contributed by atoms with Gasteiger partial charge in [-0.05, 0) is 0 Å². The van der Waals surface area contributed by atoms with Gasteiger partial charge in [0.25, 0.3) is 0 Å². The van der Waals surface area contributed by atoms with Crippen molar-refractivity contribution in [3.05, 3.63) is 46.1 Å². The van der Waals surface area contributed by atoms with Crippen molar-refractivity contribution in [1.82, 2.24) is 19.5 Å². The van der Waals surface area contributed by atoms with Crippen LogP contribution in [0.1, 0.15) is 0 Å². The number of aromatic nitrogens is 4. The molecule has 0 spiro atoms. The summed E-state index contributed by atoms with van der Waals surface area (Å²) >= 11 is 18.7. The predicted octanol–water partition coefficient (Wildman–Crippen LogP) is 4.38. The van der Waals surface area contributed by atoms with Crippen LogP contribution in [0.3, 0.4) is 0 Å². The zero-order valence-corrected chi connectivity index (χ0v) is 15.4. The van der Waals surface area contributed by atoms with Crippen LogP contribution in [0.25, 0.3) is 5.82 Å². The number of nitrogens with zero attached hydrogens (tertiary/aromatic N) is 4. The van der Waals surface area contributed by atoms with Crippen LogP contribution in [0.2, 0.25) is 15.2 Å². The zero-order chi connectivity index (χ0) is 18.0. The molecule has 7 nitrogen and oxygen atoms in total. The van der Waals surface area contributed by atoms with Gasteiger partial charge in [-0.25, -0.2) is 15.0 Å². The Morgan fingerprint density at radius 3 is 2.24 bits per heavy atom. The third-order valence-corrected chi connectivity index (χ3v) is 4.27.